The zero-order valence-electron chi connectivity index (χ0n) is 14.2. The van der Waals surface area contributed by atoms with Gasteiger partial charge in [-0.05, 0) is 48.6 Å². The molecule has 1 aromatic heterocycles. The third-order valence-electron chi connectivity index (χ3n) is 3.63. The van der Waals surface area contributed by atoms with Gasteiger partial charge in [0, 0.05) is 35.9 Å². The Morgan fingerprint density at radius 3 is 2.44 bits per heavy atom. The van der Waals surface area contributed by atoms with E-state index in [1.165, 1.54) is 12.1 Å². The zero-order valence-corrected chi connectivity index (χ0v) is 15.9. The molecule has 27 heavy (non-hydrogen) atoms. The fraction of sp³-hybridized carbons (Fsp3) is 0.105. The Kier molecular flexibility index (Phi) is 6.45. The Morgan fingerprint density at radius 2 is 1.78 bits per heavy atom. The summed E-state index contributed by atoms with van der Waals surface area (Å²) in [4.78, 5) is 16.3. The van der Waals surface area contributed by atoms with Crippen LogP contribution in [0.5, 0.6) is 0 Å². The van der Waals surface area contributed by atoms with Crippen LogP contribution in [-0.4, -0.2) is 22.5 Å². The number of rotatable bonds is 6. The third-order valence-corrected chi connectivity index (χ3v) is 4.71. The van der Waals surface area contributed by atoms with Crippen LogP contribution in [-0.2, 0) is 6.42 Å². The highest BCUT2D eigenvalue weighted by molar-refractivity contribution is 7.80. The molecule has 1 amide bonds. The van der Waals surface area contributed by atoms with E-state index in [1.807, 2.05) is 5.38 Å². The fourth-order valence-corrected chi connectivity index (χ4v) is 3.16. The van der Waals surface area contributed by atoms with Crippen LogP contribution in [0.2, 0.25) is 0 Å². The van der Waals surface area contributed by atoms with Crippen molar-refractivity contribution in [2.24, 2.45) is 0 Å². The second kappa shape index (κ2) is 9.20. The molecular formula is C19H17FN4OS2. The maximum atomic E-state index is 13.6. The Bertz CT molecular complexity index is 914. The molecule has 0 bridgehead atoms. The number of nitrogens with one attached hydrogen (secondary N) is 3. The van der Waals surface area contributed by atoms with Gasteiger partial charge in [-0.25, -0.2) is 9.37 Å². The highest BCUT2D eigenvalue weighted by Crippen LogP contribution is 2.15. The lowest BCUT2D eigenvalue weighted by Gasteiger charge is -2.11. The first-order chi connectivity index (χ1) is 13.1. The number of hydrogen-bond donors (Lipinski definition) is 3. The summed E-state index contributed by atoms with van der Waals surface area (Å²) in [5, 5.41) is 12.4. The van der Waals surface area contributed by atoms with Crippen LogP contribution in [0.15, 0.2) is 60.1 Å². The molecule has 0 fully saturated rings. The van der Waals surface area contributed by atoms with Crippen LogP contribution in [0.1, 0.15) is 15.4 Å². The van der Waals surface area contributed by atoms with Crippen LogP contribution in [0.3, 0.4) is 0 Å². The first-order valence-electron chi connectivity index (χ1n) is 8.21. The van der Waals surface area contributed by atoms with Gasteiger partial charge in [0.25, 0.3) is 5.91 Å². The minimum absolute atomic E-state index is 0.00492. The molecule has 3 N–H and O–H groups in total. The molecule has 0 aliphatic carbocycles. The van der Waals surface area contributed by atoms with Gasteiger partial charge in [0.1, 0.15) is 5.82 Å². The Morgan fingerprint density at radius 1 is 1.07 bits per heavy atom. The van der Waals surface area contributed by atoms with Gasteiger partial charge in [0.15, 0.2) is 5.11 Å². The van der Waals surface area contributed by atoms with E-state index in [9.17, 15) is 9.18 Å². The molecule has 8 heteroatoms. The molecule has 0 radical (unpaired) electrons. The molecular weight excluding hydrogens is 383 g/mol. The van der Waals surface area contributed by atoms with Crippen molar-refractivity contribution >= 4 is 45.9 Å². The maximum Gasteiger partial charge on any atom is 0.258 e. The van der Waals surface area contributed by atoms with E-state index in [1.54, 1.807) is 53.9 Å². The number of carbonyl (C=O) groups excluding carboxylic acids is 1. The summed E-state index contributed by atoms with van der Waals surface area (Å²) in [7, 11) is 0. The van der Waals surface area contributed by atoms with Crippen LogP contribution >= 0.6 is 23.6 Å². The van der Waals surface area contributed by atoms with Gasteiger partial charge in [-0.3, -0.25) is 4.79 Å². The van der Waals surface area contributed by atoms with Gasteiger partial charge in [-0.1, -0.05) is 12.1 Å². The SMILES string of the molecule is O=C(Nc1ccc(NC(=S)NCCc2nccs2)cc1)c1ccccc1F. The van der Waals surface area contributed by atoms with E-state index < -0.39 is 11.7 Å². The zero-order chi connectivity index (χ0) is 19.1. The molecule has 0 aliphatic heterocycles. The van der Waals surface area contributed by atoms with E-state index in [4.69, 9.17) is 12.2 Å². The molecule has 138 valence electrons. The highest BCUT2D eigenvalue weighted by Gasteiger charge is 2.10. The molecule has 0 saturated carbocycles. The summed E-state index contributed by atoms with van der Waals surface area (Å²) in [6.07, 6.45) is 2.59. The van der Waals surface area contributed by atoms with E-state index in [-0.39, 0.29) is 5.56 Å². The number of thiazole rings is 1. The van der Waals surface area contributed by atoms with Gasteiger partial charge in [0.2, 0.25) is 0 Å². The smallest absolute Gasteiger partial charge is 0.258 e. The topological polar surface area (TPSA) is 66.1 Å². The summed E-state index contributed by atoms with van der Waals surface area (Å²) in [5.74, 6) is -1.05. The third kappa shape index (κ3) is 5.57. The summed E-state index contributed by atoms with van der Waals surface area (Å²) in [6, 6.07) is 12.9. The second-order valence-corrected chi connectivity index (χ2v) is 6.96. The van der Waals surface area contributed by atoms with Crippen LogP contribution < -0.4 is 16.0 Å². The number of amides is 1. The molecule has 1 heterocycles. The normalized spacial score (nSPS) is 10.3. The Hall–Kier alpha value is -2.84. The van der Waals surface area contributed by atoms with Gasteiger partial charge >= 0.3 is 0 Å². The lowest BCUT2D eigenvalue weighted by Crippen LogP contribution is -2.30. The summed E-state index contributed by atoms with van der Waals surface area (Å²) >= 11 is 6.87. The number of carbonyl (C=O) groups is 1. The Balaban J connectivity index is 1.49. The molecule has 0 saturated heterocycles. The van der Waals surface area contributed by atoms with Crippen molar-refractivity contribution < 1.29 is 9.18 Å². The second-order valence-electron chi connectivity index (χ2n) is 5.57. The number of aromatic nitrogens is 1. The fourth-order valence-electron chi connectivity index (χ4n) is 2.32. The van der Waals surface area contributed by atoms with Crippen molar-refractivity contribution in [1.82, 2.24) is 10.3 Å². The number of nitrogens with zero attached hydrogens (tertiary/aromatic N) is 1. The number of benzene rings is 2. The van der Waals surface area contributed by atoms with Gasteiger partial charge < -0.3 is 16.0 Å². The van der Waals surface area contributed by atoms with E-state index >= 15 is 0 Å². The molecule has 0 unspecified atom stereocenters. The average Bonchev–Trinajstić information content (AvgIpc) is 3.17. The summed E-state index contributed by atoms with van der Waals surface area (Å²) in [5.41, 5.74) is 1.35. The summed E-state index contributed by atoms with van der Waals surface area (Å²) < 4.78 is 13.6. The van der Waals surface area contributed by atoms with Gasteiger partial charge in [0.05, 0.1) is 10.6 Å². The lowest BCUT2D eigenvalue weighted by atomic mass is 10.2. The quantitative estimate of drug-likeness (QED) is 0.545. The number of thiocarbonyl (C=S) groups is 1. The van der Waals surface area contributed by atoms with Crippen molar-refractivity contribution in [3.63, 3.8) is 0 Å². The largest absolute Gasteiger partial charge is 0.362 e. The predicted octanol–water partition coefficient (Wildman–Crippen LogP) is 4.06. The molecule has 3 aromatic rings. The van der Waals surface area contributed by atoms with E-state index in [0.717, 1.165) is 17.1 Å². The molecule has 3 rings (SSSR count). The van der Waals surface area contributed by atoms with Crippen molar-refractivity contribution in [2.75, 3.05) is 17.2 Å². The van der Waals surface area contributed by atoms with E-state index in [2.05, 4.69) is 20.9 Å². The summed E-state index contributed by atoms with van der Waals surface area (Å²) in [6.45, 7) is 0.691. The average molecular weight is 401 g/mol. The number of anilines is 2. The molecule has 5 nitrogen and oxygen atoms in total. The predicted molar refractivity (Wildman–Crippen MR) is 111 cm³/mol. The van der Waals surface area contributed by atoms with Crippen LogP contribution in [0, 0.1) is 5.82 Å². The Labute approximate surface area is 165 Å². The first-order valence-corrected chi connectivity index (χ1v) is 9.50. The molecule has 2 aromatic carbocycles. The monoisotopic (exact) mass is 400 g/mol. The van der Waals surface area contributed by atoms with Crippen LogP contribution in [0.4, 0.5) is 15.8 Å². The van der Waals surface area contributed by atoms with Crippen molar-refractivity contribution in [3.05, 3.63) is 76.5 Å². The number of halogens is 1. The van der Waals surface area contributed by atoms with Crippen LogP contribution in [0.25, 0.3) is 0 Å². The maximum absolute atomic E-state index is 13.6. The minimum Gasteiger partial charge on any atom is -0.362 e. The van der Waals surface area contributed by atoms with Crippen molar-refractivity contribution in [1.29, 1.82) is 0 Å². The lowest BCUT2D eigenvalue weighted by molar-refractivity contribution is 0.102. The molecule has 0 spiro atoms. The highest BCUT2D eigenvalue weighted by atomic mass is 32.1. The number of hydrogen-bond acceptors (Lipinski definition) is 4. The van der Waals surface area contributed by atoms with Gasteiger partial charge in [-0.2, -0.15) is 0 Å². The van der Waals surface area contributed by atoms with Gasteiger partial charge in [-0.15, -0.1) is 11.3 Å². The minimum atomic E-state index is -0.553. The van der Waals surface area contributed by atoms with Crippen molar-refractivity contribution in [2.45, 2.75) is 6.42 Å². The molecule has 0 aliphatic rings. The first kappa shape index (κ1) is 18.9. The van der Waals surface area contributed by atoms with Crippen molar-refractivity contribution in [3.8, 4) is 0 Å². The van der Waals surface area contributed by atoms with E-state index in [0.29, 0.717) is 17.3 Å². The standard InChI is InChI=1S/C19H17FN4OS2/c20-16-4-2-1-3-15(16)18(25)23-13-5-7-14(8-6-13)24-19(26)22-10-9-17-21-11-12-27-17/h1-8,11-12H,9-10H2,(H,23,25)(H2,22,24,26). The molecule has 0 atom stereocenters.